The van der Waals surface area contributed by atoms with E-state index in [4.69, 9.17) is 0 Å². The molecule has 0 aliphatic heterocycles. The van der Waals surface area contributed by atoms with Gasteiger partial charge in [0.05, 0.1) is 0 Å². The number of hydrogen-bond donors (Lipinski definition) is 0. The van der Waals surface area contributed by atoms with Crippen molar-refractivity contribution < 1.29 is 24.5 Å². The fraction of sp³-hybridized carbons (Fsp3) is 0.0667. The van der Waals surface area contributed by atoms with Crippen LogP contribution in [0.15, 0.2) is 60.7 Å². The molecule has 2 rings (SSSR count). The van der Waals surface area contributed by atoms with Crippen molar-refractivity contribution in [2.75, 3.05) is 0 Å². The zero-order chi connectivity index (χ0) is 12.1. The zero-order valence-electron chi connectivity index (χ0n) is 8.94. The number of rotatable bonds is 4. The summed E-state index contributed by atoms with van der Waals surface area (Å²) < 4.78 is -0.279. The molecule has 0 bridgehead atoms. The van der Waals surface area contributed by atoms with Gasteiger partial charge in [0.2, 0.25) is 0 Å². The first kappa shape index (κ1) is 14.4. The molecule has 0 fully saturated rings. The number of carbonyl (C=O) groups is 2. The molecule has 0 saturated heterocycles. The fourth-order valence-electron chi connectivity index (χ4n) is 1.31. The number of hydrogen-bond acceptors (Lipinski definition) is 2. The average molecular weight is 282 g/mol. The second kappa shape index (κ2) is 6.90. The molecule has 0 aliphatic rings. The Morgan fingerprint density at radius 2 is 1.00 bits per heavy atom. The molecule has 2 aromatic carbocycles. The molecule has 0 aromatic heterocycles. The molecule has 0 radical (unpaired) electrons. The summed E-state index contributed by atoms with van der Waals surface area (Å²) in [4.78, 5) is 23.6. The van der Waals surface area contributed by atoms with Gasteiger partial charge in [0.15, 0.2) is 0 Å². The van der Waals surface area contributed by atoms with Gasteiger partial charge in [0.25, 0.3) is 0 Å². The first-order chi connectivity index (χ1) is 8.27. The summed E-state index contributed by atoms with van der Waals surface area (Å²) in [7, 11) is 0. The van der Waals surface area contributed by atoms with E-state index in [1.54, 1.807) is 48.5 Å². The predicted octanol–water partition coefficient (Wildman–Crippen LogP) is 3.39. The Bertz CT molecular complexity index is 471. The van der Waals surface area contributed by atoms with Crippen LogP contribution in [0.25, 0.3) is 0 Å². The fourth-order valence-corrected chi connectivity index (χ4v) is 2.22. The third-order valence-corrected chi connectivity index (χ3v) is 3.29. The van der Waals surface area contributed by atoms with E-state index in [1.165, 1.54) is 0 Å². The topological polar surface area (TPSA) is 34.1 Å². The van der Waals surface area contributed by atoms with Crippen LogP contribution in [0.4, 0.5) is 0 Å². The first-order valence-corrected chi connectivity index (χ1v) is 6.19. The van der Waals surface area contributed by atoms with Crippen LogP contribution in [0.1, 0.15) is 28.1 Å². The van der Waals surface area contributed by atoms with Crippen molar-refractivity contribution in [2.24, 2.45) is 0 Å². The molecular formula is C15H14FeO2. The molecule has 2 nitrogen and oxygen atoms in total. The van der Waals surface area contributed by atoms with Crippen LogP contribution >= 0.6 is 0 Å². The second-order valence-corrected chi connectivity index (χ2v) is 4.62. The Kier molecular flexibility index (Phi) is 5.50. The molecule has 0 atom stereocenters. The van der Waals surface area contributed by atoms with Crippen LogP contribution in [-0.4, -0.2) is 9.36 Å². The van der Waals surface area contributed by atoms with Gasteiger partial charge in [-0.25, -0.2) is 0 Å². The van der Waals surface area contributed by atoms with Crippen LogP contribution in [0.3, 0.4) is 0 Å². The molecular weight excluding hydrogens is 268 g/mol. The molecule has 94 valence electrons. The summed E-state index contributed by atoms with van der Waals surface area (Å²) in [6.07, 6.45) is 0. The Labute approximate surface area is 113 Å². The summed E-state index contributed by atoms with van der Waals surface area (Å²) in [5.41, 5.74) is 1.16. The molecule has 0 unspecified atom stereocenters. The molecule has 0 N–H and O–H groups in total. The number of benzene rings is 2. The van der Waals surface area contributed by atoms with Crippen molar-refractivity contribution in [3.8, 4) is 0 Å². The van der Waals surface area contributed by atoms with E-state index in [0.29, 0.717) is 11.1 Å². The van der Waals surface area contributed by atoms with Gasteiger partial charge in [0.1, 0.15) is 0 Å². The summed E-state index contributed by atoms with van der Waals surface area (Å²) in [5, 5.41) is 0. The van der Waals surface area contributed by atoms with E-state index in [0.717, 1.165) is 0 Å². The van der Waals surface area contributed by atoms with Crippen molar-refractivity contribution in [1.29, 1.82) is 0 Å². The third kappa shape index (κ3) is 3.66. The minimum atomic E-state index is -0.139. The molecule has 2 aromatic rings. The monoisotopic (exact) mass is 282 g/mol. The maximum atomic E-state index is 11.8. The minimum absolute atomic E-state index is 0. The molecule has 0 saturated carbocycles. The molecule has 0 heterocycles. The van der Waals surface area contributed by atoms with Crippen LogP contribution in [0.2, 0.25) is 0 Å². The van der Waals surface area contributed by atoms with Gasteiger partial charge in [-0.3, -0.25) is 0 Å². The van der Waals surface area contributed by atoms with E-state index in [-0.39, 0.29) is 31.7 Å². The van der Waals surface area contributed by atoms with Crippen LogP contribution in [0.5, 0.6) is 0 Å². The Morgan fingerprint density at radius 1 is 0.667 bits per heavy atom. The molecule has 18 heavy (non-hydrogen) atoms. The average Bonchev–Trinajstić information content (AvgIpc) is 2.40. The summed E-state index contributed by atoms with van der Waals surface area (Å²) >= 11 is -0.0754. The molecule has 0 amide bonds. The van der Waals surface area contributed by atoms with Crippen molar-refractivity contribution >= 4 is 9.36 Å². The summed E-state index contributed by atoms with van der Waals surface area (Å²) in [6.45, 7) is 0. The van der Waals surface area contributed by atoms with Gasteiger partial charge in [-0.05, 0) is 0 Å². The third-order valence-electron chi connectivity index (χ3n) is 2.15. The molecule has 3 heteroatoms. The summed E-state index contributed by atoms with van der Waals surface area (Å²) in [6, 6.07) is 17.7. The van der Waals surface area contributed by atoms with Gasteiger partial charge in [-0.2, -0.15) is 0 Å². The Hall–Kier alpha value is -1.70. The van der Waals surface area contributed by atoms with Gasteiger partial charge in [-0.15, -0.1) is 0 Å². The van der Waals surface area contributed by atoms with Crippen LogP contribution in [0, 0.1) is 0 Å². The van der Waals surface area contributed by atoms with E-state index < -0.39 is 0 Å². The van der Waals surface area contributed by atoms with Gasteiger partial charge in [-0.1, -0.05) is 7.43 Å². The van der Waals surface area contributed by atoms with E-state index in [1.807, 2.05) is 12.1 Å². The van der Waals surface area contributed by atoms with Gasteiger partial charge < -0.3 is 0 Å². The normalized spacial score (nSPS) is 9.56. The quantitative estimate of drug-likeness (QED) is 0.805. The first-order valence-electron chi connectivity index (χ1n) is 5.08. The molecule has 0 aliphatic carbocycles. The Balaban J connectivity index is 0.00000162. The van der Waals surface area contributed by atoms with E-state index >= 15 is 0 Å². The van der Waals surface area contributed by atoms with Crippen LogP contribution in [-0.2, 0) is 15.0 Å². The maximum absolute atomic E-state index is 11.8. The van der Waals surface area contributed by atoms with Gasteiger partial charge in [0, 0.05) is 0 Å². The van der Waals surface area contributed by atoms with Crippen molar-refractivity contribution in [3.05, 3.63) is 71.8 Å². The van der Waals surface area contributed by atoms with E-state index in [2.05, 4.69) is 0 Å². The second-order valence-electron chi connectivity index (χ2n) is 3.35. The number of carbonyl (C=O) groups excluding carboxylic acids is 2. The van der Waals surface area contributed by atoms with Crippen molar-refractivity contribution in [3.63, 3.8) is 0 Å². The standard InChI is InChI=1S/2C7H5O.CH4.Fe/c2*8-6-7-4-2-1-3-5-7;;/h2*1-5H;1H4;. The molecule has 0 spiro atoms. The zero-order valence-corrected chi connectivity index (χ0v) is 10.0. The predicted molar refractivity (Wildman–Crippen MR) is 68.3 cm³/mol. The van der Waals surface area contributed by atoms with Gasteiger partial charge >= 0.3 is 106 Å². The van der Waals surface area contributed by atoms with Crippen molar-refractivity contribution in [2.45, 2.75) is 7.43 Å². The summed E-state index contributed by atoms with van der Waals surface area (Å²) in [5.74, 6) is 0. The van der Waals surface area contributed by atoms with Crippen molar-refractivity contribution in [1.82, 2.24) is 0 Å². The van der Waals surface area contributed by atoms with Crippen LogP contribution < -0.4 is 0 Å². The van der Waals surface area contributed by atoms with E-state index in [9.17, 15) is 9.59 Å². The Morgan fingerprint density at radius 3 is 1.33 bits per heavy atom. The SMILES string of the molecule is C.O=[C]([Fe][C](=O)c1ccccc1)c1ccccc1.